The molecule has 1 unspecified atom stereocenters. The van der Waals surface area contributed by atoms with Crippen LogP contribution in [-0.2, 0) is 4.57 Å². The lowest BCUT2D eigenvalue weighted by atomic mass is 10.0. The van der Waals surface area contributed by atoms with Crippen LogP contribution in [0, 0.1) is 0 Å². The Balaban J connectivity index is 2.13. The summed E-state index contributed by atoms with van der Waals surface area (Å²) >= 11 is 0. The molecule has 0 spiro atoms. The predicted molar refractivity (Wildman–Crippen MR) is 136 cm³/mol. The van der Waals surface area contributed by atoms with Gasteiger partial charge in [0.1, 0.15) is 34.3 Å². The second-order valence-corrected chi connectivity index (χ2v) is 8.82. The maximum atomic E-state index is 13.8. The van der Waals surface area contributed by atoms with Gasteiger partial charge < -0.3 is 23.7 Å². The number of ketones is 1. The zero-order valence-electron chi connectivity index (χ0n) is 20.8. The van der Waals surface area contributed by atoms with Gasteiger partial charge in [0.2, 0.25) is 11.1 Å². The molecule has 0 saturated heterocycles. The van der Waals surface area contributed by atoms with Gasteiger partial charge >= 0.3 is 13.3 Å². The Labute approximate surface area is 210 Å². The molecule has 9 heteroatoms. The van der Waals surface area contributed by atoms with E-state index in [-0.39, 0.29) is 33.5 Å². The average Bonchev–Trinajstić information content (AvgIpc) is 2.91. The summed E-state index contributed by atoms with van der Waals surface area (Å²) in [4.78, 5) is 27.3. The van der Waals surface area contributed by atoms with Gasteiger partial charge in [-0.15, -0.1) is 0 Å². The van der Waals surface area contributed by atoms with E-state index in [1.807, 2.05) is 0 Å². The molecule has 0 saturated carbocycles. The molecular formula is C27H28O8P+. The van der Waals surface area contributed by atoms with E-state index in [0.29, 0.717) is 30.5 Å². The number of carbonyl (C=O) groups is 2. The number of carbonyl (C=O) groups excluding carboxylic acids is 2. The first kappa shape index (κ1) is 26.7. The summed E-state index contributed by atoms with van der Waals surface area (Å²) < 4.78 is 41.0. The van der Waals surface area contributed by atoms with Gasteiger partial charge in [0.25, 0.3) is 0 Å². The van der Waals surface area contributed by atoms with Crippen LogP contribution >= 0.6 is 7.80 Å². The highest BCUT2D eigenvalue weighted by molar-refractivity contribution is 7.71. The lowest BCUT2D eigenvalue weighted by Gasteiger charge is -2.14. The van der Waals surface area contributed by atoms with Crippen LogP contribution in [0.3, 0.4) is 0 Å². The van der Waals surface area contributed by atoms with E-state index in [4.69, 9.17) is 23.7 Å². The lowest BCUT2D eigenvalue weighted by Crippen LogP contribution is -2.18. The molecule has 0 fully saturated rings. The van der Waals surface area contributed by atoms with Crippen LogP contribution in [0.5, 0.6) is 28.7 Å². The molecule has 36 heavy (non-hydrogen) atoms. The van der Waals surface area contributed by atoms with Crippen LogP contribution < -0.4 is 29.0 Å². The monoisotopic (exact) mass is 511 g/mol. The molecule has 8 nitrogen and oxygen atoms in total. The second kappa shape index (κ2) is 12.2. The summed E-state index contributed by atoms with van der Waals surface area (Å²) in [5.74, 6) is 0.893. The minimum Gasteiger partial charge on any atom is -0.496 e. The Kier molecular flexibility index (Phi) is 9.03. The van der Waals surface area contributed by atoms with Gasteiger partial charge in [-0.1, -0.05) is 22.8 Å². The molecule has 0 aliphatic carbocycles. The van der Waals surface area contributed by atoms with Crippen LogP contribution in [0.2, 0.25) is 0 Å². The Morgan fingerprint density at radius 1 is 0.722 bits per heavy atom. The van der Waals surface area contributed by atoms with Crippen molar-refractivity contribution in [2.24, 2.45) is 0 Å². The molecule has 0 aliphatic rings. The minimum absolute atomic E-state index is 0.00566. The molecular weight excluding hydrogens is 483 g/mol. The third-order valence-electron chi connectivity index (χ3n) is 5.30. The van der Waals surface area contributed by atoms with Gasteiger partial charge in [-0.05, 0) is 38.1 Å². The molecule has 0 radical (unpaired) electrons. The largest absolute Gasteiger partial charge is 0.496 e. The average molecular weight is 511 g/mol. The van der Waals surface area contributed by atoms with Crippen molar-refractivity contribution in [1.29, 1.82) is 0 Å². The maximum absolute atomic E-state index is 13.8. The highest BCUT2D eigenvalue weighted by atomic mass is 31.1. The molecule has 0 amide bonds. The van der Waals surface area contributed by atoms with Crippen molar-refractivity contribution >= 4 is 24.4 Å². The fourth-order valence-electron chi connectivity index (χ4n) is 3.69. The Morgan fingerprint density at radius 3 is 1.78 bits per heavy atom. The summed E-state index contributed by atoms with van der Waals surface area (Å²) in [6, 6.07) is 14.3. The first-order valence-electron chi connectivity index (χ1n) is 11.3. The van der Waals surface area contributed by atoms with Gasteiger partial charge in [0.05, 0.1) is 40.1 Å². The highest BCUT2D eigenvalue weighted by Crippen LogP contribution is 2.41. The third-order valence-corrected chi connectivity index (χ3v) is 6.72. The van der Waals surface area contributed by atoms with E-state index < -0.39 is 19.1 Å². The molecule has 3 aromatic carbocycles. The number of methoxy groups -OCH3 is 3. The third kappa shape index (κ3) is 5.34. The fourth-order valence-corrected chi connectivity index (χ4v) is 4.95. The van der Waals surface area contributed by atoms with Crippen molar-refractivity contribution < 1.29 is 37.8 Å². The van der Waals surface area contributed by atoms with E-state index >= 15 is 0 Å². The van der Waals surface area contributed by atoms with Gasteiger partial charge in [0.15, 0.2) is 5.56 Å². The Hall–Kier alpha value is -3.90. The first-order valence-corrected chi connectivity index (χ1v) is 12.5. The summed E-state index contributed by atoms with van der Waals surface area (Å²) in [6.07, 6.45) is 0. The maximum Gasteiger partial charge on any atom is 0.459 e. The molecule has 0 N–H and O–H groups in total. The van der Waals surface area contributed by atoms with Crippen molar-refractivity contribution in [1.82, 2.24) is 0 Å². The van der Waals surface area contributed by atoms with E-state index in [1.54, 1.807) is 44.2 Å². The summed E-state index contributed by atoms with van der Waals surface area (Å²) in [5, 5.41) is 0.0798. The van der Waals surface area contributed by atoms with Crippen molar-refractivity contribution in [3.05, 3.63) is 71.3 Å². The second-order valence-electron chi connectivity index (χ2n) is 7.35. The first-order chi connectivity index (χ1) is 17.4. The van der Waals surface area contributed by atoms with E-state index in [2.05, 4.69) is 0 Å². The van der Waals surface area contributed by atoms with Crippen LogP contribution in [0.25, 0.3) is 0 Å². The molecule has 0 aromatic heterocycles. The molecule has 0 heterocycles. The van der Waals surface area contributed by atoms with Crippen LogP contribution in [-0.4, -0.2) is 45.9 Å². The van der Waals surface area contributed by atoms with Crippen LogP contribution in [0.1, 0.15) is 40.1 Å². The smallest absolute Gasteiger partial charge is 0.459 e. The molecule has 188 valence electrons. The standard InChI is InChI=1S/C27H28O8P/c1-6-34-19-12-10-13-20(35-7-2)24(19)26(28)18-11-8-9-14-23(18)36(30)27(29)25-21(32-4)15-17(31-3)16-22(25)33-5/h8-16H,6-7H2,1-5H3/q+1. The van der Waals surface area contributed by atoms with Crippen molar-refractivity contribution in [3.63, 3.8) is 0 Å². The van der Waals surface area contributed by atoms with Gasteiger partial charge in [-0.25, -0.2) is 4.79 Å². The SMILES string of the molecule is CCOc1cccc(OCC)c1C(=O)c1ccccc1[P+](=O)C(=O)c1c(OC)cc(OC)cc1OC. The Bertz CT molecular complexity index is 1240. The molecule has 3 rings (SSSR count). The van der Waals surface area contributed by atoms with Crippen molar-refractivity contribution in [2.45, 2.75) is 13.8 Å². The van der Waals surface area contributed by atoms with Crippen LogP contribution in [0.4, 0.5) is 0 Å². The quantitative estimate of drug-likeness (QED) is 0.247. The topological polar surface area (TPSA) is 97.4 Å². The highest BCUT2D eigenvalue weighted by Gasteiger charge is 2.41. The normalized spacial score (nSPS) is 10.9. The van der Waals surface area contributed by atoms with E-state index in [0.717, 1.165) is 0 Å². The number of hydrogen-bond donors (Lipinski definition) is 0. The number of ether oxygens (including phenoxy) is 5. The fraction of sp³-hybridized carbons (Fsp3) is 0.259. The summed E-state index contributed by atoms with van der Waals surface area (Å²) in [5.41, 5.74) is -0.450. The lowest BCUT2D eigenvalue weighted by molar-refractivity contribution is 0.103. The van der Waals surface area contributed by atoms with E-state index in [1.165, 1.54) is 45.6 Å². The van der Waals surface area contributed by atoms with Gasteiger partial charge in [0, 0.05) is 12.1 Å². The number of benzene rings is 3. The number of rotatable bonds is 12. The molecule has 0 aliphatic heterocycles. The number of hydrogen-bond acceptors (Lipinski definition) is 8. The molecule has 1 atom stereocenters. The molecule has 0 bridgehead atoms. The zero-order valence-corrected chi connectivity index (χ0v) is 21.7. The summed E-state index contributed by atoms with van der Waals surface area (Å²) in [6.45, 7) is 4.28. The molecule has 3 aromatic rings. The van der Waals surface area contributed by atoms with Gasteiger partial charge in [-0.2, -0.15) is 0 Å². The predicted octanol–water partition coefficient (Wildman–Crippen LogP) is 5.03. The van der Waals surface area contributed by atoms with Crippen molar-refractivity contribution in [2.75, 3.05) is 34.5 Å². The minimum atomic E-state index is -2.74. The van der Waals surface area contributed by atoms with Gasteiger partial charge in [-0.3, -0.25) is 4.79 Å². The summed E-state index contributed by atoms with van der Waals surface area (Å²) in [7, 11) is 1.49. The van der Waals surface area contributed by atoms with Crippen LogP contribution in [0.15, 0.2) is 54.6 Å². The Morgan fingerprint density at radius 2 is 1.28 bits per heavy atom. The van der Waals surface area contributed by atoms with Crippen molar-refractivity contribution in [3.8, 4) is 28.7 Å². The van der Waals surface area contributed by atoms with E-state index in [9.17, 15) is 14.2 Å². The zero-order chi connectivity index (χ0) is 26.2.